The second-order valence-corrected chi connectivity index (χ2v) is 25.0. The van der Waals surface area contributed by atoms with Gasteiger partial charge in [0.25, 0.3) is 0 Å². The van der Waals surface area contributed by atoms with Crippen LogP contribution in [0.3, 0.4) is 0 Å². The molecule has 0 aliphatic rings. The van der Waals surface area contributed by atoms with Crippen LogP contribution in [0.25, 0.3) is 92.0 Å². The molecular weight excluding hydrogens is 2330 g/mol. The Morgan fingerprint density at radius 1 is 0.258 bits per heavy atom. The van der Waals surface area contributed by atoms with Crippen LogP contribution in [-0.2, 0) is 120 Å². The average Bonchev–Trinajstić information content (AvgIpc) is 1.67. The molecule has 0 saturated carbocycles. The van der Waals surface area contributed by atoms with Crippen molar-refractivity contribution in [2.45, 2.75) is 105 Å². The van der Waals surface area contributed by atoms with E-state index in [9.17, 15) is 52.7 Å². The third-order valence-corrected chi connectivity index (χ3v) is 14.0. The van der Waals surface area contributed by atoms with Gasteiger partial charge in [-0.05, 0) is 163 Å². The summed E-state index contributed by atoms with van der Waals surface area (Å²) in [5, 5.41) is 56.1. The van der Waals surface area contributed by atoms with Gasteiger partial charge in [-0.15, -0.1) is 0 Å². The molecule has 50 heteroatoms. The molecule has 0 fully saturated rings. The molecule has 0 aliphatic carbocycles. The number of nitrogens with zero attached hydrogens (tertiary/aromatic N) is 34. The van der Waals surface area contributed by atoms with Gasteiger partial charge in [0.2, 0.25) is 0 Å². The molecule has 34 nitrogen and oxygen atoms in total. The monoisotopic (exact) mass is 2380 g/mol. The number of aromatic nitrogens is 34. The van der Waals surface area contributed by atoms with E-state index in [0.29, 0.717) is 52.3 Å². The number of halogens is 12. The second-order valence-electron chi connectivity index (χ2n) is 25.0. The van der Waals surface area contributed by atoms with Crippen LogP contribution in [0.15, 0.2) is 172 Å². The molecule has 16 aromatic rings. The summed E-state index contributed by atoms with van der Waals surface area (Å²) in [6, 6.07) is 26.5. The van der Waals surface area contributed by atoms with E-state index >= 15 is 0 Å². The molecule has 16 aromatic heterocycles. The van der Waals surface area contributed by atoms with Crippen LogP contribution in [0.1, 0.15) is 99.1 Å². The summed E-state index contributed by atoms with van der Waals surface area (Å²) in [7, 11) is 0. The zero-order valence-corrected chi connectivity index (χ0v) is 72.3. The summed E-state index contributed by atoms with van der Waals surface area (Å²) >= 11 is 0. The van der Waals surface area contributed by atoms with Crippen LogP contribution in [0, 0.1) is 27.7 Å². The number of rotatable bonds is 8. The number of hydrogen-bond donors (Lipinski definition) is 0. The van der Waals surface area contributed by atoms with Crippen LogP contribution in [-0.4, -0.2) is 131 Å². The Morgan fingerprint density at radius 2 is 0.575 bits per heavy atom. The fourth-order valence-corrected chi connectivity index (χ4v) is 8.46. The SMILES string of the molecule is Cc1n[n-]c(-c2cc(C(C)(C)C)ccn2)n1.Cc1n[n-]c(-c2cc(C(C)(C)C)ccn2)n1.Cc1n[n-]c(-c2ccccn2)n1.Cc1n[n-]c(-c2ccccn2)n1.FC(F)(F)c1cc(-c2ccccn2)[n-]n1.FC(F)(F)c1n[n-]c(-c2ccncn2)n1.FC(F)(F)c1n[n-]c(-c2cnccn2)n1.FC(F)(F)c1n[n-]c(-c2cnccn2)n1.[Pt+2].[Pt+2].[Pt+2].[Pt+2]. The van der Waals surface area contributed by atoms with Gasteiger partial charge < -0.3 is 80.8 Å². The minimum atomic E-state index is -4.59. The summed E-state index contributed by atoms with van der Waals surface area (Å²) < 4.78 is 146. The summed E-state index contributed by atoms with van der Waals surface area (Å²) in [6.07, 6.45) is 0.814. The predicted octanol–water partition coefficient (Wildman–Crippen LogP) is 10.7. The summed E-state index contributed by atoms with van der Waals surface area (Å²) in [5.41, 5.74) is 5.76. The number of hydrogen-bond acceptors (Lipinski definition) is 26. The van der Waals surface area contributed by atoms with Gasteiger partial charge in [-0.25, -0.2) is 9.97 Å². The Hall–Kier alpha value is -11.9. The second kappa shape index (κ2) is 44.8. The summed E-state index contributed by atoms with van der Waals surface area (Å²) in [5.74, 6) is 0.744. The first-order chi connectivity index (χ1) is 54.9. The molecule has 0 atom stereocenters. The van der Waals surface area contributed by atoms with Gasteiger partial charge in [0.15, 0.2) is 0 Å². The summed E-state index contributed by atoms with van der Waals surface area (Å²) in [6.45, 7) is 20.3. The van der Waals surface area contributed by atoms with Crippen molar-refractivity contribution in [1.82, 2.24) is 171 Å². The van der Waals surface area contributed by atoms with Gasteiger partial charge in [-0.2, -0.15) is 52.7 Å². The third kappa shape index (κ3) is 30.5. The van der Waals surface area contributed by atoms with Gasteiger partial charge in [0, 0.05) is 91.0 Å². The number of alkyl halides is 12. The molecule has 0 N–H and O–H groups in total. The molecular formula is C70H58F12N34Pt4. The Labute approximate surface area is 729 Å². The maximum atomic E-state index is 12.2. The molecule has 16 heterocycles. The quantitative estimate of drug-likeness (QED) is 0.128. The van der Waals surface area contributed by atoms with Gasteiger partial charge in [0.1, 0.15) is 29.5 Å². The van der Waals surface area contributed by atoms with Gasteiger partial charge in [0.05, 0.1) is 52.3 Å². The van der Waals surface area contributed by atoms with Gasteiger partial charge in [-0.1, -0.05) is 65.4 Å². The van der Waals surface area contributed by atoms with E-state index in [1.807, 2.05) is 74.5 Å². The molecule has 0 unspecified atom stereocenters. The van der Waals surface area contributed by atoms with Crippen molar-refractivity contribution in [3.63, 3.8) is 0 Å². The largest absolute Gasteiger partial charge is 2.00 e. The molecule has 0 bridgehead atoms. The zero-order valence-electron chi connectivity index (χ0n) is 63.2. The molecule has 0 spiro atoms. The van der Waals surface area contributed by atoms with Crippen LogP contribution in [0.2, 0.25) is 0 Å². The third-order valence-electron chi connectivity index (χ3n) is 14.0. The van der Waals surface area contributed by atoms with Crippen molar-refractivity contribution < 1.29 is 137 Å². The van der Waals surface area contributed by atoms with Crippen molar-refractivity contribution in [1.29, 1.82) is 0 Å². The fraction of sp³-hybridized carbons (Fsp3) is 0.229. The van der Waals surface area contributed by atoms with Crippen molar-refractivity contribution in [2.75, 3.05) is 0 Å². The smallest absolute Gasteiger partial charge is 0.573 e. The van der Waals surface area contributed by atoms with E-state index in [4.69, 9.17) is 0 Å². The molecule has 0 amide bonds. The molecule has 120 heavy (non-hydrogen) atoms. The first-order valence-electron chi connectivity index (χ1n) is 33.2. The molecule has 16 rings (SSSR count). The molecule has 0 aliphatic heterocycles. The maximum Gasteiger partial charge on any atom is 2.00 e. The number of pyridine rings is 5. The van der Waals surface area contributed by atoms with E-state index in [1.165, 1.54) is 73.1 Å². The van der Waals surface area contributed by atoms with Crippen LogP contribution >= 0.6 is 0 Å². The standard InChI is InChI=1S/2C12H15N4.C9H5F3N3.2C8H7N4.3C7H3F3N5.4Pt/c2*1-8-14-11(16-15-8)10-7-9(5-6-13-10)12(2,3)4;10-9(11,12)8-5-7(14-15-8)6-3-1-2-4-13-6;2*1-6-10-8(12-11-6)7-4-2-3-5-9-7;2*8-7(9,10)6-13-5(14-15-6)4-3-11-1-2-12-4;8-7(9,10)6-13-5(14-15-6)4-1-2-11-3-12-4;;;;/h2*5-7H,1-4H3;1-5H;2*2-5H,1H3;3*1-3H;;;;/q8*-1;4*+2. The molecule has 632 valence electrons. The van der Waals surface area contributed by atoms with E-state index in [1.54, 1.807) is 56.8 Å². The fourth-order valence-electron chi connectivity index (χ4n) is 8.46. The summed E-state index contributed by atoms with van der Waals surface area (Å²) in [4.78, 5) is 69.0. The Morgan fingerprint density at radius 3 is 0.850 bits per heavy atom. The van der Waals surface area contributed by atoms with Crippen molar-refractivity contribution in [2.24, 2.45) is 0 Å². The molecule has 0 saturated heterocycles. The predicted molar refractivity (Wildman–Crippen MR) is 381 cm³/mol. The van der Waals surface area contributed by atoms with Gasteiger partial charge in [-0.3, -0.25) is 80.5 Å². The zero-order chi connectivity index (χ0) is 83.9. The van der Waals surface area contributed by atoms with Crippen LogP contribution in [0.4, 0.5) is 52.7 Å². The van der Waals surface area contributed by atoms with E-state index in [0.717, 1.165) is 28.8 Å². The van der Waals surface area contributed by atoms with E-state index < -0.39 is 47.9 Å². The first kappa shape index (κ1) is 98.7. The van der Waals surface area contributed by atoms with Crippen molar-refractivity contribution in [3.8, 4) is 92.0 Å². The van der Waals surface area contributed by atoms with E-state index in [2.05, 4.69) is 213 Å². The normalized spacial score (nSPS) is 11.0. The minimum absolute atomic E-state index is 0. The Bertz CT molecular complexity index is 5100. The number of aryl methyl sites for hydroxylation is 4. The Kier molecular flexibility index (Phi) is 36.8. The average molecular weight is 2380 g/mol. The van der Waals surface area contributed by atoms with Crippen LogP contribution < -0.4 is 40.8 Å². The first-order valence-corrected chi connectivity index (χ1v) is 33.2. The van der Waals surface area contributed by atoms with E-state index in [-0.39, 0.29) is 135 Å². The topological polar surface area (TPSA) is 448 Å². The molecule has 0 radical (unpaired) electrons. The van der Waals surface area contributed by atoms with Crippen molar-refractivity contribution in [3.05, 3.63) is 229 Å². The maximum absolute atomic E-state index is 12.2. The van der Waals surface area contributed by atoms with Crippen molar-refractivity contribution >= 4 is 0 Å². The van der Waals surface area contributed by atoms with Crippen LogP contribution in [0.5, 0.6) is 0 Å². The Balaban J connectivity index is 0.000000243. The van der Waals surface area contributed by atoms with Gasteiger partial charge >= 0.3 is 109 Å². The molecule has 0 aromatic carbocycles. The minimum Gasteiger partial charge on any atom is -0.573 e.